The summed E-state index contributed by atoms with van der Waals surface area (Å²) in [6, 6.07) is 6.95. The van der Waals surface area contributed by atoms with Crippen molar-refractivity contribution in [3.63, 3.8) is 0 Å². The van der Waals surface area contributed by atoms with E-state index < -0.39 is 6.10 Å². The number of carbonyl (C=O) groups is 1. The number of amides is 1. The minimum absolute atomic E-state index is 0.215. The number of nitrogens with zero attached hydrogens (tertiary/aromatic N) is 2. The Balaban J connectivity index is 1.51. The number of aromatic nitrogens is 1. The van der Waals surface area contributed by atoms with Crippen LogP contribution in [-0.4, -0.2) is 35.0 Å². The number of piperidine rings is 1. The molecule has 0 aliphatic carbocycles. The number of thiazole rings is 1. The summed E-state index contributed by atoms with van der Waals surface area (Å²) < 4.78 is 5.64. The molecule has 140 valence electrons. The fourth-order valence-corrected chi connectivity index (χ4v) is 3.90. The lowest BCUT2D eigenvalue weighted by Crippen LogP contribution is -2.33. The van der Waals surface area contributed by atoms with Gasteiger partial charge >= 0.3 is 0 Å². The van der Waals surface area contributed by atoms with E-state index in [2.05, 4.69) is 22.1 Å². The van der Waals surface area contributed by atoms with Crippen LogP contribution in [0, 0.1) is 5.92 Å². The third-order valence-electron chi connectivity index (χ3n) is 4.40. The van der Waals surface area contributed by atoms with E-state index in [-0.39, 0.29) is 5.91 Å². The molecule has 5 nitrogen and oxygen atoms in total. The number of hydrogen-bond donors (Lipinski definition) is 1. The van der Waals surface area contributed by atoms with E-state index in [1.807, 2.05) is 5.38 Å². The summed E-state index contributed by atoms with van der Waals surface area (Å²) in [5.74, 6) is 1.14. The molecule has 26 heavy (non-hydrogen) atoms. The van der Waals surface area contributed by atoms with Crippen LogP contribution in [0.2, 0.25) is 5.02 Å². The van der Waals surface area contributed by atoms with E-state index in [1.165, 1.54) is 24.2 Å². The third-order valence-corrected chi connectivity index (χ3v) is 5.46. The van der Waals surface area contributed by atoms with Crippen molar-refractivity contribution in [2.75, 3.05) is 18.4 Å². The van der Waals surface area contributed by atoms with Crippen molar-refractivity contribution < 1.29 is 9.53 Å². The highest BCUT2D eigenvalue weighted by Gasteiger charge is 2.19. The van der Waals surface area contributed by atoms with Crippen LogP contribution in [0.15, 0.2) is 29.6 Å². The van der Waals surface area contributed by atoms with Crippen LogP contribution < -0.4 is 10.1 Å². The fourth-order valence-electron chi connectivity index (χ4n) is 3.07. The quantitative estimate of drug-likeness (QED) is 0.788. The topological polar surface area (TPSA) is 54.5 Å². The molecule has 1 saturated heterocycles. The summed E-state index contributed by atoms with van der Waals surface area (Å²) in [7, 11) is 0. The van der Waals surface area contributed by atoms with Crippen molar-refractivity contribution in [3.8, 4) is 5.75 Å². The second kappa shape index (κ2) is 8.84. The van der Waals surface area contributed by atoms with Gasteiger partial charge in [0.15, 0.2) is 11.2 Å². The summed E-state index contributed by atoms with van der Waals surface area (Å²) in [4.78, 5) is 19.3. The number of carbonyl (C=O) groups excluding carboxylic acids is 1. The Morgan fingerprint density at radius 1 is 1.46 bits per heavy atom. The first-order valence-electron chi connectivity index (χ1n) is 8.89. The average molecular weight is 394 g/mol. The summed E-state index contributed by atoms with van der Waals surface area (Å²) in [6.45, 7) is 7.09. The Morgan fingerprint density at radius 2 is 2.23 bits per heavy atom. The normalized spacial score (nSPS) is 19.1. The third kappa shape index (κ3) is 5.43. The molecular formula is C19H24ClN3O2S. The molecular weight excluding hydrogens is 370 g/mol. The van der Waals surface area contributed by atoms with Gasteiger partial charge in [0, 0.05) is 23.5 Å². The smallest absolute Gasteiger partial charge is 0.266 e. The van der Waals surface area contributed by atoms with Gasteiger partial charge < -0.3 is 4.74 Å². The van der Waals surface area contributed by atoms with Gasteiger partial charge in [-0.05, 0) is 56.5 Å². The highest BCUT2D eigenvalue weighted by Crippen LogP contribution is 2.22. The van der Waals surface area contributed by atoms with Gasteiger partial charge in [-0.1, -0.05) is 18.5 Å². The van der Waals surface area contributed by atoms with Crippen LogP contribution >= 0.6 is 22.9 Å². The van der Waals surface area contributed by atoms with Gasteiger partial charge in [-0.25, -0.2) is 4.98 Å². The standard InChI is InChI=1S/C19H24ClN3O2S/c1-13-4-3-9-23(10-13)11-16-12-26-19(21-16)22-18(24)14(2)25-17-7-5-15(20)6-8-17/h5-8,12-14H,3-4,9-11H2,1-2H3,(H,21,22,24)/t13-,14-/m1/s1. The molecule has 3 rings (SSSR count). The maximum Gasteiger partial charge on any atom is 0.266 e. The number of hydrogen-bond acceptors (Lipinski definition) is 5. The largest absolute Gasteiger partial charge is 0.481 e. The number of halogens is 1. The van der Waals surface area contributed by atoms with Gasteiger partial charge in [-0.3, -0.25) is 15.0 Å². The first-order valence-corrected chi connectivity index (χ1v) is 10.1. The van der Waals surface area contributed by atoms with Crippen molar-refractivity contribution in [3.05, 3.63) is 40.4 Å². The molecule has 0 unspecified atom stereocenters. The SMILES string of the molecule is C[C@@H]1CCCN(Cc2csc(NC(=O)[C@@H](C)Oc3ccc(Cl)cc3)n2)C1. The number of ether oxygens (including phenoxy) is 1. The first-order chi connectivity index (χ1) is 12.5. The Hall–Kier alpha value is -1.63. The maximum atomic E-state index is 12.3. The molecule has 1 N–H and O–H groups in total. The van der Waals surface area contributed by atoms with E-state index >= 15 is 0 Å². The number of nitrogens with one attached hydrogen (secondary N) is 1. The summed E-state index contributed by atoms with van der Waals surface area (Å²) in [5.41, 5.74) is 1.01. The van der Waals surface area contributed by atoms with E-state index in [0.29, 0.717) is 15.9 Å². The van der Waals surface area contributed by atoms with Crippen LogP contribution in [0.1, 0.15) is 32.4 Å². The molecule has 0 saturated carbocycles. The van der Waals surface area contributed by atoms with Crippen LogP contribution in [0.4, 0.5) is 5.13 Å². The highest BCUT2D eigenvalue weighted by atomic mass is 35.5. The van der Waals surface area contributed by atoms with Gasteiger partial charge in [0.2, 0.25) is 0 Å². The lowest BCUT2D eigenvalue weighted by atomic mass is 10.0. The van der Waals surface area contributed by atoms with Gasteiger partial charge in [0.25, 0.3) is 5.91 Å². The van der Waals surface area contributed by atoms with E-state index in [9.17, 15) is 4.79 Å². The Morgan fingerprint density at radius 3 is 2.96 bits per heavy atom. The molecule has 2 aromatic rings. The molecule has 1 amide bonds. The molecule has 0 spiro atoms. The minimum Gasteiger partial charge on any atom is -0.481 e. The zero-order valence-corrected chi connectivity index (χ0v) is 16.6. The average Bonchev–Trinajstić information content (AvgIpc) is 3.03. The van der Waals surface area contributed by atoms with E-state index in [1.54, 1.807) is 31.2 Å². The number of rotatable bonds is 6. The molecule has 1 aromatic carbocycles. The second-order valence-electron chi connectivity index (χ2n) is 6.83. The van der Waals surface area contributed by atoms with Gasteiger partial charge in [0.05, 0.1) is 5.69 Å². The maximum absolute atomic E-state index is 12.3. The van der Waals surface area contributed by atoms with Gasteiger partial charge in [-0.2, -0.15) is 0 Å². The number of likely N-dealkylation sites (tertiary alicyclic amines) is 1. The van der Waals surface area contributed by atoms with Crippen LogP contribution in [0.25, 0.3) is 0 Å². The van der Waals surface area contributed by atoms with Crippen molar-refractivity contribution in [1.82, 2.24) is 9.88 Å². The lowest BCUT2D eigenvalue weighted by Gasteiger charge is -2.30. The number of benzene rings is 1. The van der Waals surface area contributed by atoms with Crippen molar-refractivity contribution in [1.29, 1.82) is 0 Å². The first kappa shape index (κ1) is 19.1. The monoisotopic (exact) mass is 393 g/mol. The van der Waals surface area contributed by atoms with Crippen LogP contribution in [0.5, 0.6) is 5.75 Å². The molecule has 0 bridgehead atoms. The Kier molecular flexibility index (Phi) is 6.51. The van der Waals surface area contributed by atoms with Crippen molar-refractivity contribution in [2.24, 2.45) is 5.92 Å². The molecule has 0 radical (unpaired) electrons. The number of anilines is 1. The lowest BCUT2D eigenvalue weighted by molar-refractivity contribution is -0.122. The zero-order valence-electron chi connectivity index (χ0n) is 15.1. The molecule has 2 heterocycles. The predicted octanol–water partition coefficient (Wildman–Crippen LogP) is 4.43. The highest BCUT2D eigenvalue weighted by molar-refractivity contribution is 7.13. The van der Waals surface area contributed by atoms with Gasteiger partial charge in [0.1, 0.15) is 5.75 Å². The molecule has 1 aliphatic heterocycles. The van der Waals surface area contributed by atoms with E-state index in [4.69, 9.17) is 16.3 Å². The Bertz CT molecular complexity index is 735. The minimum atomic E-state index is -0.619. The van der Waals surface area contributed by atoms with Crippen molar-refractivity contribution in [2.45, 2.75) is 39.3 Å². The molecule has 1 aromatic heterocycles. The predicted molar refractivity (Wildman–Crippen MR) is 106 cm³/mol. The molecule has 1 aliphatic rings. The summed E-state index contributed by atoms with van der Waals surface area (Å²) in [6.07, 6.45) is 1.93. The zero-order chi connectivity index (χ0) is 18.5. The van der Waals surface area contributed by atoms with Crippen LogP contribution in [0.3, 0.4) is 0 Å². The Labute approximate surface area is 163 Å². The van der Waals surface area contributed by atoms with Gasteiger partial charge in [-0.15, -0.1) is 11.3 Å². The second-order valence-corrected chi connectivity index (χ2v) is 8.12. The summed E-state index contributed by atoms with van der Waals surface area (Å²) >= 11 is 7.30. The fraction of sp³-hybridized carbons (Fsp3) is 0.474. The van der Waals surface area contributed by atoms with Crippen LogP contribution in [-0.2, 0) is 11.3 Å². The molecule has 7 heteroatoms. The molecule has 1 fully saturated rings. The summed E-state index contributed by atoms with van der Waals surface area (Å²) in [5, 5.41) is 6.10. The van der Waals surface area contributed by atoms with E-state index in [0.717, 1.165) is 31.2 Å². The molecule has 2 atom stereocenters. The van der Waals surface area contributed by atoms with Crippen molar-refractivity contribution >= 4 is 34.0 Å².